The van der Waals surface area contributed by atoms with Crippen LogP contribution in [0.2, 0.25) is 0 Å². The van der Waals surface area contributed by atoms with Crippen LogP contribution in [0, 0.1) is 0 Å². The third kappa shape index (κ3) is 1.80. The van der Waals surface area contributed by atoms with E-state index in [1.165, 1.54) is 0 Å². The number of aromatic amines is 1. The number of hydrogen-bond donors (Lipinski definition) is 3. The van der Waals surface area contributed by atoms with E-state index in [4.69, 9.17) is 10.5 Å². The summed E-state index contributed by atoms with van der Waals surface area (Å²) in [5.41, 5.74) is 5.62. The number of anilines is 1. The van der Waals surface area contributed by atoms with E-state index in [2.05, 4.69) is 15.0 Å². The molecular formula is C12H17N5O3. The van der Waals surface area contributed by atoms with Crippen LogP contribution >= 0.6 is 0 Å². The molecule has 0 aromatic carbocycles. The third-order valence-corrected chi connectivity index (χ3v) is 3.99. The molecule has 0 radical (unpaired) electrons. The number of aliphatic hydroxyl groups excluding tert-OH is 1. The largest absolute Gasteiger partial charge is 0.394 e. The van der Waals surface area contributed by atoms with Crippen LogP contribution in [0.15, 0.2) is 11.1 Å². The molecule has 0 saturated carbocycles. The van der Waals surface area contributed by atoms with E-state index < -0.39 is 0 Å². The Morgan fingerprint density at radius 1 is 1.70 bits per heavy atom. The number of imidazole rings is 1. The van der Waals surface area contributed by atoms with Crippen molar-refractivity contribution in [1.29, 1.82) is 0 Å². The second-order valence-corrected chi connectivity index (χ2v) is 5.14. The minimum atomic E-state index is -0.352. The summed E-state index contributed by atoms with van der Waals surface area (Å²) in [4.78, 5) is 22.6. The van der Waals surface area contributed by atoms with Crippen molar-refractivity contribution in [2.45, 2.75) is 31.4 Å². The van der Waals surface area contributed by atoms with Crippen LogP contribution in [0.3, 0.4) is 0 Å². The Labute approximate surface area is 114 Å². The van der Waals surface area contributed by atoms with E-state index in [1.807, 2.05) is 11.5 Å². The number of nitrogens with two attached hydrogens (primary N) is 1. The number of H-pyrrole nitrogens is 1. The summed E-state index contributed by atoms with van der Waals surface area (Å²) >= 11 is 0. The van der Waals surface area contributed by atoms with Gasteiger partial charge >= 0.3 is 0 Å². The first-order chi connectivity index (χ1) is 9.59. The monoisotopic (exact) mass is 279 g/mol. The zero-order chi connectivity index (χ0) is 14.3. The molecule has 4 N–H and O–H groups in total. The van der Waals surface area contributed by atoms with Gasteiger partial charge in [0.15, 0.2) is 11.2 Å². The Morgan fingerprint density at radius 2 is 2.50 bits per heavy atom. The van der Waals surface area contributed by atoms with Gasteiger partial charge in [-0.1, -0.05) is 6.92 Å². The highest BCUT2D eigenvalue weighted by Gasteiger charge is 2.41. The second kappa shape index (κ2) is 4.57. The van der Waals surface area contributed by atoms with Crippen molar-refractivity contribution in [3.8, 4) is 0 Å². The summed E-state index contributed by atoms with van der Waals surface area (Å²) < 4.78 is 7.45. The van der Waals surface area contributed by atoms with Gasteiger partial charge in [-0.05, 0) is 6.42 Å². The predicted molar refractivity (Wildman–Crippen MR) is 72.3 cm³/mol. The van der Waals surface area contributed by atoms with Crippen LogP contribution < -0.4 is 11.3 Å². The molecule has 2 atom stereocenters. The van der Waals surface area contributed by atoms with E-state index in [0.29, 0.717) is 18.7 Å². The van der Waals surface area contributed by atoms with Crippen LogP contribution in [0.4, 0.5) is 5.95 Å². The standard InChI is InChI=1S/C12H17N5O3/c1-2-12(3-7(4-18)20-5-12)17-6-14-8-9(17)15-11(13)16-10(8)19/h6-7,18H,2-5H2,1H3,(H3,13,15,16,19). The highest BCUT2D eigenvalue weighted by atomic mass is 16.5. The third-order valence-electron chi connectivity index (χ3n) is 3.99. The van der Waals surface area contributed by atoms with Gasteiger partial charge < -0.3 is 20.1 Å². The molecule has 8 nitrogen and oxygen atoms in total. The molecule has 1 fully saturated rings. The van der Waals surface area contributed by atoms with Gasteiger partial charge in [-0.25, -0.2) is 4.98 Å². The van der Waals surface area contributed by atoms with Crippen LogP contribution in [0.25, 0.3) is 11.2 Å². The maximum atomic E-state index is 11.8. The minimum Gasteiger partial charge on any atom is -0.394 e. The van der Waals surface area contributed by atoms with Gasteiger partial charge in [0, 0.05) is 6.42 Å². The molecule has 1 aliphatic rings. The van der Waals surface area contributed by atoms with Crippen LogP contribution in [-0.2, 0) is 10.3 Å². The molecule has 8 heteroatoms. The highest BCUT2D eigenvalue weighted by Crippen LogP contribution is 2.36. The van der Waals surface area contributed by atoms with E-state index in [0.717, 1.165) is 6.42 Å². The molecule has 0 spiro atoms. The summed E-state index contributed by atoms with van der Waals surface area (Å²) in [6, 6.07) is 0. The summed E-state index contributed by atoms with van der Waals surface area (Å²) in [6.07, 6.45) is 2.83. The molecule has 0 aliphatic carbocycles. The lowest BCUT2D eigenvalue weighted by molar-refractivity contribution is 0.0532. The highest BCUT2D eigenvalue weighted by molar-refractivity contribution is 5.70. The quantitative estimate of drug-likeness (QED) is 0.702. The first-order valence-electron chi connectivity index (χ1n) is 6.55. The van der Waals surface area contributed by atoms with Crippen LogP contribution in [-0.4, -0.2) is 43.9 Å². The smallest absolute Gasteiger partial charge is 0.280 e. The van der Waals surface area contributed by atoms with E-state index in [9.17, 15) is 9.90 Å². The Balaban J connectivity index is 2.16. The van der Waals surface area contributed by atoms with Gasteiger partial charge in [0.05, 0.1) is 31.2 Å². The SMILES string of the molecule is CCC1(n2cnc3c(=O)[nH]c(N)nc32)COC(CO)C1. The second-order valence-electron chi connectivity index (χ2n) is 5.14. The van der Waals surface area contributed by atoms with Crippen molar-refractivity contribution < 1.29 is 9.84 Å². The topological polar surface area (TPSA) is 119 Å². The summed E-state index contributed by atoms with van der Waals surface area (Å²) in [7, 11) is 0. The van der Waals surface area contributed by atoms with Gasteiger partial charge in [0.2, 0.25) is 5.95 Å². The first kappa shape index (κ1) is 13.1. The van der Waals surface area contributed by atoms with Crippen LogP contribution in [0.5, 0.6) is 0 Å². The molecule has 1 aliphatic heterocycles. The lowest BCUT2D eigenvalue weighted by atomic mass is 9.92. The zero-order valence-electron chi connectivity index (χ0n) is 11.2. The molecule has 3 heterocycles. The number of ether oxygens (including phenoxy) is 1. The fourth-order valence-electron chi connectivity index (χ4n) is 2.79. The van der Waals surface area contributed by atoms with Crippen molar-refractivity contribution in [1.82, 2.24) is 19.5 Å². The molecule has 2 unspecified atom stereocenters. The number of aromatic nitrogens is 4. The molecule has 3 rings (SSSR count). The number of nitrogens with zero attached hydrogens (tertiary/aromatic N) is 3. The zero-order valence-corrected chi connectivity index (χ0v) is 11.2. The molecule has 108 valence electrons. The Hall–Kier alpha value is -1.93. The lowest BCUT2D eigenvalue weighted by Crippen LogP contribution is -2.34. The molecule has 20 heavy (non-hydrogen) atoms. The van der Waals surface area contributed by atoms with E-state index >= 15 is 0 Å². The van der Waals surface area contributed by atoms with Crippen molar-refractivity contribution in [2.75, 3.05) is 18.9 Å². The molecule has 1 saturated heterocycles. The summed E-state index contributed by atoms with van der Waals surface area (Å²) in [6.45, 7) is 2.46. The lowest BCUT2D eigenvalue weighted by Gasteiger charge is -2.28. The van der Waals surface area contributed by atoms with Gasteiger partial charge in [0.1, 0.15) is 0 Å². The van der Waals surface area contributed by atoms with Gasteiger partial charge in [0.25, 0.3) is 5.56 Å². The fourth-order valence-corrected chi connectivity index (χ4v) is 2.79. The molecule has 0 amide bonds. The van der Waals surface area contributed by atoms with Gasteiger partial charge in [-0.15, -0.1) is 0 Å². The van der Waals surface area contributed by atoms with Crippen molar-refractivity contribution >= 4 is 17.1 Å². The maximum Gasteiger partial charge on any atom is 0.280 e. The number of rotatable bonds is 3. The number of hydrogen-bond acceptors (Lipinski definition) is 6. The first-order valence-corrected chi connectivity index (χ1v) is 6.55. The van der Waals surface area contributed by atoms with Crippen molar-refractivity contribution in [3.05, 3.63) is 16.7 Å². The Bertz CT molecular complexity index is 694. The summed E-state index contributed by atoms with van der Waals surface area (Å²) in [5.74, 6) is 0.0631. The number of nitrogens with one attached hydrogen (secondary N) is 1. The molecule has 0 bridgehead atoms. The average Bonchev–Trinajstić information content (AvgIpc) is 3.02. The van der Waals surface area contributed by atoms with E-state index in [-0.39, 0.29) is 35.3 Å². The molecule has 2 aromatic heterocycles. The van der Waals surface area contributed by atoms with Crippen molar-refractivity contribution in [2.24, 2.45) is 0 Å². The number of fused-ring (bicyclic) bond motifs is 1. The molecular weight excluding hydrogens is 262 g/mol. The Morgan fingerprint density at radius 3 is 3.15 bits per heavy atom. The van der Waals surface area contributed by atoms with Crippen LogP contribution in [0.1, 0.15) is 19.8 Å². The summed E-state index contributed by atoms with van der Waals surface area (Å²) in [5, 5.41) is 9.25. The maximum absolute atomic E-state index is 11.8. The number of nitrogen functional groups attached to an aromatic ring is 1. The average molecular weight is 279 g/mol. The minimum absolute atomic E-state index is 0.0233. The Kier molecular flexibility index (Phi) is 2.98. The van der Waals surface area contributed by atoms with Crippen molar-refractivity contribution in [3.63, 3.8) is 0 Å². The molecule has 2 aromatic rings. The van der Waals surface area contributed by atoms with E-state index in [1.54, 1.807) is 6.33 Å². The van der Waals surface area contributed by atoms with Gasteiger partial charge in [-0.2, -0.15) is 4.98 Å². The normalized spacial score (nSPS) is 26.4. The predicted octanol–water partition coefficient (Wildman–Crippen LogP) is -0.412. The number of aliphatic hydroxyl groups is 1. The fraction of sp³-hybridized carbons (Fsp3) is 0.583. The van der Waals surface area contributed by atoms with Gasteiger partial charge in [-0.3, -0.25) is 9.78 Å².